The van der Waals surface area contributed by atoms with Crippen molar-refractivity contribution in [3.05, 3.63) is 33.6 Å². The zero-order chi connectivity index (χ0) is 10.0. The van der Waals surface area contributed by atoms with Crippen molar-refractivity contribution in [3.8, 4) is 6.07 Å². The zero-order valence-corrected chi connectivity index (χ0v) is 7.09. The van der Waals surface area contributed by atoms with Gasteiger partial charge < -0.3 is 0 Å². The van der Waals surface area contributed by atoms with Gasteiger partial charge in [-0.1, -0.05) is 0 Å². The third-order valence-corrected chi connectivity index (χ3v) is 1.70. The van der Waals surface area contributed by atoms with Crippen LogP contribution in [0.5, 0.6) is 0 Å². The second kappa shape index (κ2) is 3.41. The van der Waals surface area contributed by atoms with E-state index in [4.69, 9.17) is 5.26 Å². The van der Waals surface area contributed by atoms with Crippen LogP contribution in [0.15, 0.2) is 17.0 Å². The Morgan fingerprint density at radius 3 is 2.69 bits per heavy atom. The van der Waals surface area contributed by atoms with E-state index in [1.165, 1.54) is 6.07 Å². The molecule has 13 heavy (non-hydrogen) atoms. The summed E-state index contributed by atoms with van der Waals surface area (Å²) in [5, 5.41) is 18.9. The lowest BCUT2D eigenvalue weighted by molar-refractivity contribution is -0.388. The Morgan fingerprint density at radius 2 is 2.23 bits per heavy atom. The van der Waals surface area contributed by atoms with Crippen LogP contribution in [-0.2, 0) is 0 Å². The molecular formula is C7H3FN2O2S. The molecule has 0 spiro atoms. The molecule has 66 valence electrons. The molecule has 0 unspecified atom stereocenters. The Hall–Kier alpha value is -1.61. The highest BCUT2D eigenvalue weighted by atomic mass is 32.1. The van der Waals surface area contributed by atoms with Gasteiger partial charge in [0.15, 0.2) is 0 Å². The Bertz CT molecular complexity index is 414. The van der Waals surface area contributed by atoms with Crippen LogP contribution in [-0.4, -0.2) is 4.92 Å². The van der Waals surface area contributed by atoms with Gasteiger partial charge in [0.05, 0.1) is 9.82 Å². The second-order valence-corrected chi connectivity index (χ2v) is 2.67. The molecule has 0 aromatic heterocycles. The lowest BCUT2D eigenvalue weighted by Gasteiger charge is -1.97. The van der Waals surface area contributed by atoms with Crippen LogP contribution in [0.4, 0.5) is 10.1 Å². The number of thiol groups is 1. The summed E-state index contributed by atoms with van der Waals surface area (Å²) in [4.78, 5) is 9.48. The van der Waals surface area contributed by atoms with E-state index in [2.05, 4.69) is 12.6 Å². The van der Waals surface area contributed by atoms with Crippen LogP contribution in [0.25, 0.3) is 0 Å². The van der Waals surface area contributed by atoms with Crippen LogP contribution in [0.1, 0.15) is 5.56 Å². The monoisotopic (exact) mass is 198 g/mol. The van der Waals surface area contributed by atoms with Crippen molar-refractivity contribution in [3.63, 3.8) is 0 Å². The highest BCUT2D eigenvalue weighted by molar-refractivity contribution is 7.80. The molecule has 0 aliphatic heterocycles. The maximum Gasteiger partial charge on any atom is 0.300 e. The third-order valence-electron chi connectivity index (χ3n) is 1.36. The minimum Gasteiger partial charge on any atom is -0.258 e. The lowest BCUT2D eigenvalue weighted by Crippen LogP contribution is -1.95. The summed E-state index contributed by atoms with van der Waals surface area (Å²) in [6, 6.07) is 3.22. The molecule has 1 rings (SSSR count). The Kier molecular flexibility index (Phi) is 2.49. The van der Waals surface area contributed by atoms with Gasteiger partial charge in [-0.3, -0.25) is 10.1 Å². The Labute approximate surface area is 78.2 Å². The van der Waals surface area contributed by atoms with Gasteiger partial charge >= 0.3 is 0 Å². The third kappa shape index (κ3) is 1.76. The fraction of sp³-hybridized carbons (Fsp3) is 0. The van der Waals surface area contributed by atoms with Crippen molar-refractivity contribution in [1.29, 1.82) is 5.26 Å². The number of nitro groups is 1. The average Bonchev–Trinajstić information content (AvgIpc) is 2.01. The van der Waals surface area contributed by atoms with Gasteiger partial charge in [0.1, 0.15) is 17.4 Å². The summed E-state index contributed by atoms with van der Waals surface area (Å²) in [7, 11) is 0. The predicted molar refractivity (Wildman–Crippen MR) is 45.0 cm³/mol. The standard InChI is InChI=1S/C7H3FN2O2S/c8-5-1-4(3-9)7(10(11)12)6(13)2-5/h1-2,13H. The van der Waals surface area contributed by atoms with Gasteiger partial charge in [-0.2, -0.15) is 5.26 Å². The number of rotatable bonds is 1. The van der Waals surface area contributed by atoms with E-state index >= 15 is 0 Å². The Morgan fingerprint density at radius 1 is 1.62 bits per heavy atom. The largest absolute Gasteiger partial charge is 0.300 e. The number of hydrogen-bond acceptors (Lipinski definition) is 4. The summed E-state index contributed by atoms with van der Waals surface area (Å²) in [5.41, 5.74) is -0.790. The molecule has 1 aromatic rings. The molecule has 0 saturated heterocycles. The van der Waals surface area contributed by atoms with E-state index in [1.54, 1.807) is 0 Å². The molecule has 0 fully saturated rings. The van der Waals surface area contributed by atoms with Gasteiger partial charge in [-0.15, -0.1) is 12.6 Å². The van der Waals surface area contributed by atoms with Gasteiger partial charge in [0.25, 0.3) is 5.69 Å². The molecule has 0 bridgehead atoms. The molecule has 0 N–H and O–H groups in total. The summed E-state index contributed by atoms with van der Waals surface area (Å²) in [6.07, 6.45) is 0. The lowest BCUT2D eigenvalue weighted by atomic mass is 10.2. The van der Waals surface area contributed by atoms with Crippen molar-refractivity contribution in [1.82, 2.24) is 0 Å². The number of benzene rings is 1. The fourth-order valence-electron chi connectivity index (χ4n) is 0.862. The maximum absolute atomic E-state index is 12.6. The van der Waals surface area contributed by atoms with Crippen LogP contribution in [0.3, 0.4) is 0 Å². The molecule has 4 nitrogen and oxygen atoms in total. The van der Waals surface area contributed by atoms with Gasteiger partial charge in [-0.25, -0.2) is 4.39 Å². The van der Waals surface area contributed by atoms with E-state index in [1.807, 2.05) is 0 Å². The molecule has 1 aromatic carbocycles. The quantitative estimate of drug-likeness (QED) is 0.425. The highest BCUT2D eigenvalue weighted by Crippen LogP contribution is 2.27. The summed E-state index contributed by atoms with van der Waals surface area (Å²) < 4.78 is 12.6. The van der Waals surface area contributed by atoms with Gasteiger partial charge in [0, 0.05) is 0 Å². The topological polar surface area (TPSA) is 66.9 Å². The first kappa shape index (κ1) is 9.48. The summed E-state index contributed by atoms with van der Waals surface area (Å²) in [5.74, 6) is -0.716. The first-order valence-corrected chi connectivity index (χ1v) is 3.58. The molecule has 6 heteroatoms. The molecule has 0 saturated carbocycles. The number of nitro benzene ring substituents is 1. The van der Waals surface area contributed by atoms with Crippen LogP contribution < -0.4 is 0 Å². The first-order valence-electron chi connectivity index (χ1n) is 3.13. The molecular weight excluding hydrogens is 195 g/mol. The number of hydrogen-bond donors (Lipinski definition) is 1. The van der Waals surface area contributed by atoms with Crippen molar-refractivity contribution < 1.29 is 9.31 Å². The van der Waals surface area contributed by atoms with E-state index in [9.17, 15) is 14.5 Å². The predicted octanol–water partition coefficient (Wildman–Crippen LogP) is 1.89. The number of nitriles is 1. The molecule has 0 aliphatic rings. The first-order chi connectivity index (χ1) is 6.06. The molecule has 0 heterocycles. The normalized spacial score (nSPS) is 9.31. The zero-order valence-electron chi connectivity index (χ0n) is 6.19. The van der Waals surface area contributed by atoms with Crippen molar-refractivity contribution in [2.24, 2.45) is 0 Å². The van der Waals surface area contributed by atoms with E-state index in [0.29, 0.717) is 0 Å². The van der Waals surface area contributed by atoms with Gasteiger partial charge in [0.2, 0.25) is 0 Å². The van der Waals surface area contributed by atoms with Gasteiger partial charge in [-0.05, 0) is 12.1 Å². The molecule has 0 aliphatic carbocycles. The molecule has 0 radical (unpaired) electrons. The Balaban J connectivity index is 3.50. The smallest absolute Gasteiger partial charge is 0.258 e. The van der Waals surface area contributed by atoms with E-state index in [0.717, 1.165) is 12.1 Å². The van der Waals surface area contributed by atoms with E-state index < -0.39 is 16.4 Å². The second-order valence-electron chi connectivity index (χ2n) is 2.19. The minimum atomic E-state index is -0.764. The number of nitrogens with zero attached hydrogens (tertiary/aromatic N) is 2. The fourth-order valence-corrected chi connectivity index (χ4v) is 1.19. The maximum atomic E-state index is 12.6. The van der Waals surface area contributed by atoms with Crippen molar-refractivity contribution >= 4 is 18.3 Å². The SMILES string of the molecule is N#Cc1cc(F)cc(S)c1[N+](=O)[O-]. The minimum absolute atomic E-state index is 0.151. The summed E-state index contributed by atoms with van der Waals surface area (Å²) >= 11 is 3.70. The van der Waals surface area contributed by atoms with Crippen LogP contribution in [0.2, 0.25) is 0 Å². The average molecular weight is 198 g/mol. The van der Waals surface area contributed by atoms with Crippen molar-refractivity contribution in [2.75, 3.05) is 0 Å². The summed E-state index contributed by atoms with van der Waals surface area (Å²) in [6.45, 7) is 0. The highest BCUT2D eigenvalue weighted by Gasteiger charge is 2.18. The van der Waals surface area contributed by atoms with Crippen molar-refractivity contribution in [2.45, 2.75) is 4.90 Å². The molecule has 0 atom stereocenters. The van der Waals surface area contributed by atoms with Crippen LogP contribution >= 0.6 is 12.6 Å². The van der Waals surface area contributed by atoms with Crippen LogP contribution in [0, 0.1) is 27.3 Å². The number of halogens is 1. The molecule has 0 amide bonds. The van der Waals surface area contributed by atoms with E-state index in [-0.39, 0.29) is 10.5 Å².